The largest absolute Gasteiger partial charge is 0.396 e. The molecule has 0 aliphatic rings. The summed E-state index contributed by atoms with van der Waals surface area (Å²) in [5, 5.41) is 6.96. The molecule has 98 valence electrons. The topological polar surface area (TPSA) is 50.7 Å². The minimum Gasteiger partial charge on any atom is -0.396 e. The normalized spacial score (nSPS) is 10.8. The van der Waals surface area contributed by atoms with Crippen LogP contribution in [0.1, 0.15) is 35.7 Å². The van der Waals surface area contributed by atoms with E-state index in [-0.39, 0.29) is 5.78 Å². The number of benzene rings is 1. The summed E-state index contributed by atoms with van der Waals surface area (Å²) >= 11 is 0. The van der Waals surface area contributed by atoms with Crippen LogP contribution in [0, 0.1) is 0 Å². The number of nitrogens with one attached hydrogen (secondary N) is 1. The van der Waals surface area contributed by atoms with Crippen LogP contribution in [-0.4, -0.2) is 32.2 Å². The molecule has 1 N–H and O–H groups in total. The van der Waals surface area contributed by atoms with Crippen LogP contribution in [0.4, 0.5) is 0 Å². The van der Waals surface area contributed by atoms with Crippen molar-refractivity contribution >= 4 is 12.0 Å². The van der Waals surface area contributed by atoms with E-state index in [1.807, 2.05) is 19.2 Å². The van der Waals surface area contributed by atoms with Gasteiger partial charge in [-0.3, -0.25) is 4.79 Å². The number of hydrogen-bond donors (Lipinski definition) is 1. The number of ketones is 1. The van der Waals surface area contributed by atoms with Crippen molar-refractivity contribution in [1.29, 1.82) is 0 Å². The van der Waals surface area contributed by atoms with Crippen LogP contribution in [0.2, 0.25) is 0 Å². The van der Waals surface area contributed by atoms with Crippen molar-refractivity contribution in [3.8, 4) is 0 Å². The minimum absolute atomic E-state index is 0.0688. The molecule has 0 amide bonds. The molecular formula is C14H20N2O2. The van der Waals surface area contributed by atoms with Crippen LogP contribution < -0.4 is 5.32 Å². The smallest absolute Gasteiger partial charge is 0.159 e. The lowest BCUT2D eigenvalue weighted by Gasteiger charge is -1.99. The fourth-order valence-electron chi connectivity index (χ4n) is 1.42. The van der Waals surface area contributed by atoms with Gasteiger partial charge in [0, 0.05) is 5.56 Å². The number of unbranched alkanes of at least 4 members (excludes halogenated alkanes) is 1. The Morgan fingerprint density at radius 1 is 1.33 bits per heavy atom. The molecule has 1 aromatic carbocycles. The van der Waals surface area contributed by atoms with E-state index in [0.29, 0.717) is 12.2 Å². The molecule has 0 saturated carbocycles. The van der Waals surface area contributed by atoms with Gasteiger partial charge in [0.2, 0.25) is 0 Å². The van der Waals surface area contributed by atoms with E-state index in [2.05, 4.69) is 10.5 Å². The Balaban J connectivity index is 2.27. The Morgan fingerprint density at radius 3 is 2.67 bits per heavy atom. The Morgan fingerprint density at radius 2 is 2.06 bits per heavy atom. The molecular weight excluding hydrogens is 228 g/mol. The lowest BCUT2D eigenvalue weighted by molar-refractivity contribution is 0.101. The number of carbonyl (C=O) groups excluding carboxylic acids is 1. The standard InChI is InChI=1S/C14H20N2O2/c1-12(17)14-7-5-13(6-8-14)11-16-18-10-4-3-9-15-2/h5-8,11,15H,3-4,9-10H2,1-2H3. The molecule has 0 saturated heterocycles. The van der Waals surface area contributed by atoms with Crippen LogP contribution >= 0.6 is 0 Å². The zero-order valence-electron chi connectivity index (χ0n) is 11.0. The molecule has 0 atom stereocenters. The lowest BCUT2D eigenvalue weighted by Crippen LogP contribution is -2.07. The number of carbonyl (C=O) groups is 1. The van der Waals surface area contributed by atoms with Crippen molar-refractivity contribution in [3.05, 3.63) is 35.4 Å². The van der Waals surface area contributed by atoms with Crippen LogP contribution in [0.3, 0.4) is 0 Å². The monoisotopic (exact) mass is 248 g/mol. The van der Waals surface area contributed by atoms with Gasteiger partial charge in [0.15, 0.2) is 5.78 Å². The molecule has 1 rings (SSSR count). The highest BCUT2D eigenvalue weighted by molar-refractivity contribution is 5.94. The van der Waals surface area contributed by atoms with Crippen LogP contribution in [0.15, 0.2) is 29.4 Å². The number of hydrogen-bond acceptors (Lipinski definition) is 4. The van der Waals surface area contributed by atoms with Crippen molar-refractivity contribution in [1.82, 2.24) is 5.32 Å². The molecule has 18 heavy (non-hydrogen) atoms. The fraction of sp³-hybridized carbons (Fsp3) is 0.429. The Hall–Kier alpha value is -1.68. The Bertz CT molecular complexity index is 385. The van der Waals surface area contributed by atoms with Crippen LogP contribution in [-0.2, 0) is 4.84 Å². The number of oxime groups is 1. The van der Waals surface area contributed by atoms with Gasteiger partial charge in [-0.2, -0.15) is 0 Å². The van der Waals surface area contributed by atoms with Crippen LogP contribution in [0.25, 0.3) is 0 Å². The predicted octanol–water partition coefficient (Wildman–Crippen LogP) is 2.24. The molecule has 0 bridgehead atoms. The molecule has 0 aromatic heterocycles. The highest BCUT2D eigenvalue weighted by Gasteiger charge is 1.97. The highest BCUT2D eigenvalue weighted by atomic mass is 16.6. The van der Waals surface area contributed by atoms with Crippen LogP contribution in [0.5, 0.6) is 0 Å². The van der Waals surface area contributed by atoms with Crippen molar-refractivity contribution in [2.45, 2.75) is 19.8 Å². The Kier molecular flexibility index (Phi) is 6.72. The summed E-state index contributed by atoms with van der Waals surface area (Å²) < 4.78 is 0. The minimum atomic E-state index is 0.0688. The third-order valence-corrected chi connectivity index (χ3v) is 2.51. The molecule has 0 aliphatic carbocycles. The summed E-state index contributed by atoms with van der Waals surface area (Å²) in [6.07, 6.45) is 3.72. The van der Waals surface area contributed by atoms with Gasteiger partial charge in [0.05, 0.1) is 6.21 Å². The second-order valence-electron chi connectivity index (χ2n) is 4.06. The third kappa shape index (κ3) is 5.59. The molecule has 1 aromatic rings. The first-order valence-electron chi connectivity index (χ1n) is 6.15. The summed E-state index contributed by atoms with van der Waals surface area (Å²) in [6.45, 7) is 3.18. The van der Waals surface area contributed by atoms with Gasteiger partial charge >= 0.3 is 0 Å². The van der Waals surface area contributed by atoms with E-state index < -0.39 is 0 Å². The average Bonchev–Trinajstić information content (AvgIpc) is 2.38. The Labute approximate surface area is 108 Å². The molecule has 0 radical (unpaired) electrons. The van der Waals surface area contributed by atoms with E-state index in [9.17, 15) is 4.79 Å². The first-order valence-corrected chi connectivity index (χ1v) is 6.15. The first kappa shape index (κ1) is 14.4. The maximum atomic E-state index is 11.1. The van der Waals surface area contributed by atoms with Gasteiger partial charge in [-0.15, -0.1) is 0 Å². The summed E-state index contributed by atoms with van der Waals surface area (Å²) in [4.78, 5) is 16.2. The SMILES string of the molecule is CNCCCCON=Cc1ccc(C(C)=O)cc1. The van der Waals surface area contributed by atoms with Gasteiger partial charge < -0.3 is 10.2 Å². The second kappa shape index (κ2) is 8.42. The maximum Gasteiger partial charge on any atom is 0.159 e. The first-order chi connectivity index (χ1) is 8.74. The number of nitrogens with zero attached hydrogens (tertiary/aromatic N) is 1. The fourth-order valence-corrected chi connectivity index (χ4v) is 1.42. The molecule has 0 fully saturated rings. The number of Topliss-reactive ketones (excluding diaryl/α,β-unsaturated/α-hetero) is 1. The highest BCUT2D eigenvalue weighted by Crippen LogP contribution is 2.03. The second-order valence-corrected chi connectivity index (χ2v) is 4.06. The zero-order valence-corrected chi connectivity index (χ0v) is 11.0. The van der Waals surface area contributed by atoms with E-state index in [0.717, 1.165) is 24.9 Å². The quantitative estimate of drug-likeness (QED) is 0.332. The van der Waals surface area contributed by atoms with E-state index in [1.54, 1.807) is 25.3 Å². The van der Waals surface area contributed by atoms with E-state index >= 15 is 0 Å². The van der Waals surface area contributed by atoms with Gasteiger partial charge in [0.1, 0.15) is 6.61 Å². The number of rotatable bonds is 8. The van der Waals surface area contributed by atoms with E-state index in [1.165, 1.54) is 0 Å². The molecule has 0 spiro atoms. The van der Waals surface area contributed by atoms with Crippen molar-refractivity contribution < 1.29 is 9.63 Å². The predicted molar refractivity (Wildman–Crippen MR) is 73.2 cm³/mol. The third-order valence-electron chi connectivity index (χ3n) is 2.51. The molecule has 0 unspecified atom stereocenters. The summed E-state index contributed by atoms with van der Waals surface area (Å²) in [7, 11) is 1.93. The van der Waals surface area contributed by atoms with Gasteiger partial charge in [0.25, 0.3) is 0 Å². The summed E-state index contributed by atoms with van der Waals surface area (Å²) in [6, 6.07) is 7.28. The lowest BCUT2D eigenvalue weighted by atomic mass is 10.1. The van der Waals surface area contributed by atoms with Gasteiger partial charge in [-0.25, -0.2) is 0 Å². The maximum absolute atomic E-state index is 11.1. The van der Waals surface area contributed by atoms with Crippen molar-refractivity contribution in [2.75, 3.05) is 20.2 Å². The van der Waals surface area contributed by atoms with E-state index in [4.69, 9.17) is 4.84 Å². The summed E-state index contributed by atoms with van der Waals surface area (Å²) in [5.74, 6) is 0.0688. The molecule has 4 heteroatoms. The molecule has 4 nitrogen and oxygen atoms in total. The van der Waals surface area contributed by atoms with Gasteiger partial charge in [-0.1, -0.05) is 29.4 Å². The average molecular weight is 248 g/mol. The van der Waals surface area contributed by atoms with Gasteiger partial charge in [-0.05, 0) is 38.9 Å². The van der Waals surface area contributed by atoms with Crippen molar-refractivity contribution in [3.63, 3.8) is 0 Å². The molecule has 0 heterocycles. The molecule has 0 aliphatic heterocycles. The van der Waals surface area contributed by atoms with Crippen molar-refractivity contribution in [2.24, 2.45) is 5.16 Å². The summed E-state index contributed by atoms with van der Waals surface area (Å²) in [5.41, 5.74) is 1.63. The zero-order chi connectivity index (χ0) is 13.2.